The van der Waals surface area contributed by atoms with E-state index >= 15 is 0 Å². The molecule has 0 unspecified atom stereocenters. The maximum atomic E-state index is 12.8. The Balaban J connectivity index is 0.00000208. The highest BCUT2D eigenvalue weighted by Crippen LogP contribution is 2.29. The number of benzene rings is 1. The number of carbonyl (C=O) groups excluding carboxylic acids is 1. The molecule has 0 aliphatic carbocycles. The molecule has 0 N–H and O–H groups in total. The van der Waals surface area contributed by atoms with Crippen LogP contribution < -0.4 is 31.9 Å². The Morgan fingerprint density at radius 3 is 2.58 bits per heavy atom. The van der Waals surface area contributed by atoms with Crippen molar-refractivity contribution in [3.63, 3.8) is 0 Å². The number of halogens is 1. The van der Waals surface area contributed by atoms with Crippen LogP contribution in [0.1, 0.15) is 15.9 Å². The third-order valence-electron chi connectivity index (χ3n) is 3.68. The summed E-state index contributed by atoms with van der Waals surface area (Å²) >= 11 is 0. The van der Waals surface area contributed by atoms with Crippen LogP contribution in [0, 0.1) is 6.92 Å². The number of fused-ring (bicyclic) bond motifs is 1. The van der Waals surface area contributed by atoms with E-state index in [0.717, 1.165) is 10.9 Å². The molecule has 2 aromatic heterocycles. The van der Waals surface area contributed by atoms with Crippen molar-refractivity contribution in [1.29, 1.82) is 0 Å². The number of pyridine rings is 1. The number of aromatic nitrogens is 1. The third-order valence-corrected chi connectivity index (χ3v) is 3.68. The number of methoxy groups -OCH3 is 1. The molecule has 3 aromatic rings. The zero-order valence-electron chi connectivity index (χ0n) is 13.3. The van der Waals surface area contributed by atoms with E-state index in [-0.39, 0.29) is 34.9 Å². The van der Waals surface area contributed by atoms with E-state index in [4.69, 9.17) is 9.15 Å². The topological polar surface area (TPSA) is 60.4 Å². The summed E-state index contributed by atoms with van der Waals surface area (Å²) in [6.45, 7) is 1.94. The minimum Gasteiger partial charge on any atom is -1.00 e. The van der Waals surface area contributed by atoms with Gasteiger partial charge in [-0.05, 0) is 24.6 Å². The average Bonchev–Trinajstić information content (AvgIpc) is 2.54. The predicted octanol–water partition coefficient (Wildman–Crippen LogP) is -0.716. The van der Waals surface area contributed by atoms with Crippen molar-refractivity contribution in [3.8, 4) is 5.75 Å². The summed E-state index contributed by atoms with van der Waals surface area (Å²) in [5, 5.41) is 0.729. The van der Waals surface area contributed by atoms with Crippen LogP contribution in [-0.2, 0) is 6.54 Å². The van der Waals surface area contributed by atoms with Gasteiger partial charge in [-0.15, -0.1) is 0 Å². The van der Waals surface area contributed by atoms with E-state index in [0.29, 0.717) is 11.3 Å². The first-order valence-electron chi connectivity index (χ1n) is 7.19. The molecule has 0 saturated carbocycles. The molecule has 2 heterocycles. The highest BCUT2D eigenvalue weighted by Gasteiger charge is 2.22. The fraction of sp³-hybridized carbons (Fsp3) is 0.167. The Labute approximate surface area is 149 Å². The standard InChI is InChI=1S/C18H16NO4.BrH/c1-12-10-16(21)23-18-13(12)6-7-15(22-2)17(18)14(20)11-19-8-4-3-5-9-19;/h3-10H,11H2,1-2H3;1H/q+1;/p-1. The van der Waals surface area contributed by atoms with Gasteiger partial charge in [0.15, 0.2) is 18.0 Å². The lowest BCUT2D eigenvalue weighted by atomic mass is 10.0. The van der Waals surface area contributed by atoms with Crippen LogP contribution in [0.3, 0.4) is 0 Å². The summed E-state index contributed by atoms with van der Waals surface area (Å²) in [6, 6.07) is 10.5. The van der Waals surface area contributed by atoms with Gasteiger partial charge in [-0.25, -0.2) is 4.79 Å². The van der Waals surface area contributed by atoms with Crippen molar-refractivity contribution in [2.75, 3.05) is 7.11 Å². The number of carbonyl (C=O) groups is 1. The van der Waals surface area contributed by atoms with Crippen molar-refractivity contribution in [1.82, 2.24) is 0 Å². The average molecular weight is 390 g/mol. The number of rotatable bonds is 4. The molecule has 0 aliphatic heterocycles. The first kappa shape index (κ1) is 17.9. The summed E-state index contributed by atoms with van der Waals surface area (Å²) in [4.78, 5) is 24.5. The van der Waals surface area contributed by atoms with E-state index in [1.165, 1.54) is 13.2 Å². The maximum Gasteiger partial charge on any atom is 0.336 e. The smallest absolute Gasteiger partial charge is 0.336 e. The van der Waals surface area contributed by atoms with Gasteiger partial charge in [-0.2, -0.15) is 4.57 Å². The SMILES string of the molecule is COc1ccc2c(C)cc(=O)oc2c1C(=O)C[n+]1ccccc1.[Br-]. The lowest BCUT2D eigenvalue weighted by molar-refractivity contribution is -0.683. The molecule has 124 valence electrons. The van der Waals surface area contributed by atoms with Gasteiger partial charge in [0.1, 0.15) is 11.3 Å². The van der Waals surface area contributed by atoms with Crippen LogP contribution in [0.5, 0.6) is 5.75 Å². The molecule has 0 bridgehead atoms. The zero-order chi connectivity index (χ0) is 16.4. The molecule has 6 heteroatoms. The number of hydrogen-bond acceptors (Lipinski definition) is 4. The second-order valence-electron chi connectivity index (χ2n) is 5.24. The monoisotopic (exact) mass is 389 g/mol. The molecule has 0 atom stereocenters. The number of aryl methyl sites for hydroxylation is 1. The number of nitrogens with zero attached hydrogens (tertiary/aromatic N) is 1. The third kappa shape index (κ3) is 3.38. The van der Waals surface area contributed by atoms with Gasteiger partial charge in [0.2, 0.25) is 12.3 Å². The molecule has 0 amide bonds. The largest absolute Gasteiger partial charge is 1.00 e. The van der Waals surface area contributed by atoms with Crippen LogP contribution in [0.15, 0.2) is 58.0 Å². The van der Waals surface area contributed by atoms with Crippen molar-refractivity contribution >= 4 is 16.8 Å². The van der Waals surface area contributed by atoms with Crippen molar-refractivity contribution in [2.45, 2.75) is 13.5 Å². The Morgan fingerprint density at radius 1 is 1.21 bits per heavy atom. The minimum atomic E-state index is -0.482. The maximum absolute atomic E-state index is 12.8. The van der Waals surface area contributed by atoms with Gasteiger partial charge in [-0.1, -0.05) is 6.07 Å². The Bertz CT molecular complexity index is 935. The van der Waals surface area contributed by atoms with E-state index in [1.54, 1.807) is 29.1 Å². The minimum absolute atomic E-state index is 0. The molecular weight excluding hydrogens is 374 g/mol. The zero-order valence-corrected chi connectivity index (χ0v) is 14.9. The molecule has 3 rings (SSSR count). The highest BCUT2D eigenvalue weighted by molar-refractivity contribution is 6.08. The van der Waals surface area contributed by atoms with Gasteiger partial charge in [-0.3, -0.25) is 4.79 Å². The van der Waals surface area contributed by atoms with Crippen molar-refractivity contribution < 1.29 is 35.5 Å². The van der Waals surface area contributed by atoms with Crippen LogP contribution in [0.2, 0.25) is 0 Å². The van der Waals surface area contributed by atoms with Crippen molar-refractivity contribution in [3.05, 3.63) is 70.3 Å². The Morgan fingerprint density at radius 2 is 1.92 bits per heavy atom. The van der Waals surface area contributed by atoms with Crippen LogP contribution in [0.4, 0.5) is 0 Å². The molecule has 5 nitrogen and oxygen atoms in total. The molecule has 24 heavy (non-hydrogen) atoms. The number of hydrogen-bond donors (Lipinski definition) is 0. The second-order valence-corrected chi connectivity index (χ2v) is 5.24. The van der Waals surface area contributed by atoms with E-state index in [1.807, 2.05) is 25.1 Å². The molecule has 0 spiro atoms. The summed E-state index contributed by atoms with van der Waals surface area (Å²) < 4.78 is 12.4. The van der Waals surface area contributed by atoms with E-state index in [2.05, 4.69) is 0 Å². The first-order valence-corrected chi connectivity index (χ1v) is 7.19. The van der Waals surface area contributed by atoms with Crippen molar-refractivity contribution in [2.24, 2.45) is 0 Å². The molecule has 0 radical (unpaired) electrons. The summed E-state index contributed by atoms with van der Waals surface area (Å²) in [5.74, 6) is 0.213. The molecule has 1 aromatic carbocycles. The van der Waals surface area contributed by atoms with Crippen LogP contribution >= 0.6 is 0 Å². The molecular formula is C18H16BrNO4. The molecule has 0 fully saturated rings. The number of ether oxygens (including phenoxy) is 1. The molecule has 0 aliphatic rings. The Hall–Kier alpha value is -2.47. The number of ketones is 1. The first-order chi connectivity index (χ1) is 11.1. The van der Waals surface area contributed by atoms with E-state index < -0.39 is 5.63 Å². The Kier molecular flexibility index (Phi) is 5.51. The summed E-state index contributed by atoms with van der Waals surface area (Å²) in [5.41, 5.74) is 0.850. The second kappa shape index (κ2) is 7.40. The van der Waals surface area contributed by atoms with Gasteiger partial charge < -0.3 is 26.1 Å². The van der Waals surface area contributed by atoms with Crippen LogP contribution in [0.25, 0.3) is 11.0 Å². The lowest BCUT2D eigenvalue weighted by Gasteiger charge is -2.10. The van der Waals surface area contributed by atoms with Gasteiger partial charge in [0.05, 0.1) is 7.11 Å². The van der Waals surface area contributed by atoms with Gasteiger partial charge >= 0.3 is 5.63 Å². The fourth-order valence-corrected chi connectivity index (χ4v) is 2.58. The predicted molar refractivity (Wildman–Crippen MR) is 84.7 cm³/mol. The fourth-order valence-electron chi connectivity index (χ4n) is 2.58. The normalized spacial score (nSPS) is 10.2. The van der Waals surface area contributed by atoms with Crippen LogP contribution in [-0.4, -0.2) is 12.9 Å². The lowest BCUT2D eigenvalue weighted by Crippen LogP contribution is -3.00. The summed E-state index contributed by atoms with van der Waals surface area (Å²) in [6.07, 6.45) is 3.61. The number of Topliss-reactive ketones (excluding diaryl/α,β-unsaturated/α-hetero) is 1. The highest BCUT2D eigenvalue weighted by atomic mass is 79.9. The van der Waals surface area contributed by atoms with E-state index in [9.17, 15) is 9.59 Å². The van der Waals surface area contributed by atoms with Gasteiger partial charge in [0, 0.05) is 23.6 Å². The molecule has 0 saturated heterocycles. The quantitative estimate of drug-likeness (QED) is 0.336. The van der Waals surface area contributed by atoms with Gasteiger partial charge in [0.25, 0.3) is 0 Å². The summed E-state index contributed by atoms with van der Waals surface area (Å²) in [7, 11) is 1.49.